The maximum atomic E-state index is 13.5. The van der Waals surface area contributed by atoms with Crippen LogP contribution in [0.1, 0.15) is 15.9 Å². The zero-order valence-electron chi connectivity index (χ0n) is 20.5. The molecule has 0 saturated carbocycles. The summed E-state index contributed by atoms with van der Waals surface area (Å²) in [4.78, 5) is 29.2. The van der Waals surface area contributed by atoms with Crippen LogP contribution in [0.5, 0.6) is 23.0 Å². The minimum atomic E-state index is -0.959. The Bertz CT molecular complexity index is 1420. The van der Waals surface area contributed by atoms with Gasteiger partial charge in [0, 0.05) is 29.6 Å². The van der Waals surface area contributed by atoms with Crippen molar-refractivity contribution in [2.75, 3.05) is 21.3 Å². The van der Waals surface area contributed by atoms with Crippen molar-refractivity contribution in [2.45, 2.75) is 12.5 Å². The zero-order valence-corrected chi connectivity index (χ0v) is 20.5. The lowest BCUT2D eigenvalue weighted by Crippen LogP contribution is -2.43. The number of carbonyl (C=O) groups excluding carboxylic acids is 2. The molecule has 3 aromatic carbocycles. The molecule has 9 heteroatoms. The number of nitrogens with zero attached hydrogens (tertiary/aromatic N) is 1. The number of nitrogens with one attached hydrogen (secondary N) is 1. The van der Waals surface area contributed by atoms with Gasteiger partial charge in [0.1, 0.15) is 23.4 Å². The lowest BCUT2D eigenvalue weighted by molar-refractivity contribution is -0.142. The Kier molecular flexibility index (Phi) is 7.83. The molecule has 8 nitrogen and oxygen atoms in total. The number of fused-ring (bicyclic) bond motifs is 1. The first kappa shape index (κ1) is 25.4. The molecule has 1 heterocycles. The van der Waals surface area contributed by atoms with Crippen molar-refractivity contribution >= 4 is 22.8 Å². The first-order valence-corrected chi connectivity index (χ1v) is 11.3. The van der Waals surface area contributed by atoms with Gasteiger partial charge in [-0.05, 0) is 48.0 Å². The van der Waals surface area contributed by atoms with E-state index in [9.17, 15) is 14.0 Å². The van der Waals surface area contributed by atoms with E-state index in [-0.39, 0.29) is 12.0 Å². The van der Waals surface area contributed by atoms with Crippen molar-refractivity contribution in [3.63, 3.8) is 0 Å². The number of pyridine rings is 1. The average Bonchev–Trinajstić information content (AvgIpc) is 2.92. The number of esters is 1. The van der Waals surface area contributed by atoms with Crippen LogP contribution in [0, 0.1) is 5.82 Å². The molecule has 0 spiro atoms. The third-order valence-corrected chi connectivity index (χ3v) is 5.68. The summed E-state index contributed by atoms with van der Waals surface area (Å²) in [5, 5.41) is 3.36. The van der Waals surface area contributed by atoms with E-state index < -0.39 is 23.7 Å². The van der Waals surface area contributed by atoms with Gasteiger partial charge in [0.05, 0.1) is 26.8 Å². The van der Waals surface area contributed by atoms with Gasteiger partial charge in [-0.1, -0.05) is 18.2 Å². The highest BCUT2D eigenvalue weighted by molar-refractivity contribution is 5.96. The Morgan fingerprint density at radius 1 is 0.919 bits per heavy atom. The number of methoxy groups -OCH3 is 3. The molecule has 190 valence electrons. The van der Waals surface area contributed by atoms with Crippen molar-refractivity contribution < 1.29 is 32.9 Å². The fourth-order valence-corrected chi connectivity index (χ4v) is 3.80. The average molecular weight is 505 g/mol. The SMILES string of the molecule is COC(=O)C(Cc1ccc(Oc2ccnc3cc(OC)c(OC)cc23)cc1)NC(=O)c1cccc(F)c1. The van der Waals surface area contributed by atoms with Crippen molar-refractivity contribution in [3.05, 3.63) is 89.9 Å². The van der Waals surface area contributed by atoms with E-state index in [1.165, 1.54) is 25.3 Å². The van der Waals surface area contributed by atoms with Gasteiger partial charge < -0.3 is 24.3 Å². The molecule has 0 bridgehead atoms. The van der Waals surface area contributed by atoms with E-state index in [0.717, 1.165) is 17.0 Å². The summed E-state index contributed by atoms with van der Waals surface area (Å²) in [5.41, 5.74) is 1.55. The number of ether oxygens (including phenoxy) is 4. The van der Waals surface area contributed by atoms with Crippen LogP contribution in [0.4, 0.5) is 4.39 Å². The van der Waals surface area contributed by atoms with E-state index in [1.807, 2.05) is 0 Å². The van der Waals surface area contributed by atoms with Crippen molar-refractivity contribution in [2.24, 2.45) is 0 Å². The minimum absolute atomic E-state index is 0.108. The molecule has 1 N–H and O–H groups in total. The van der Waals surface area contributed by atoms with Gasteiger partial charge in [0.15, 0.2) is 11.5 Å². The number of amides is 1. The monoisotopic (exact) mass is 504 g/mol. The molecule has 1 unspecified atom stereocenters. The summed E-state index contributed by atoms with van der Waals surface area (Å²) >= 11 is 0. The van der Waals surface area contributed by atoms with Gasteiger partial charge in [-0.15, -0.1) is 0 Å². The van der Waals surface area contributed by atoms with Gasteiger partial charge >= 0.3 is 5.97 Å². The predicted molar refractivity (Wildman–Crippen MR) is 135 cm³/mol. The molecule has 0 saturated heterocycles. The Balaban J connectivity index is 1.50. The highest BCUT2D eigenvalue weighted by Gasteiger charge is 2.23. The maximum absolute atomic E-state index is 13.5. The maximum Gasteiger partial charge on any atom is 0.328 e. The summed E-state index contributed by atoms with van der Waals surface area (Å²) in [7, 11) is 4.36. The second-order valence-electron chi connectivity index (χ2n) is 8.04. The van der Waals surface area contributed by atoms with Crippen LogP contribution < -0.4 is 19.5 Å². The number of benzene rings is 3. The number of rotatable bonds is 9. The molecule has 0 aliphatic rings. The summed E-state index contributed by atoms with van der Waals surface area (Å²) in [6, 6.07) is 16.7. The van der Waals surface area contributed by atoms with Gasteiger partial charge in [-0.3, -0.25) is 9.78 Å². The molecule has 4 rings (SSSR count). The van der Waals surface area contributed by atoms with Crippen LogP contribution in [0.3, 0.4) is 0 Å². The predicted octanol–water partition coefficient (Wildman–Crippen LogP) is 4.70. The van der Waals surface area contributed by atoms with E-state index in [1.54, 1.807) is 62.9 Å². The smallest absolute Gasteiger partial charge is 0.328 e. The van der Waals surface area contributed by atoms with Crippen LogP contribution in [0.2, 0.25) is 0 Å². The minimum Gasteiger partial charge on any atom is -0.493 e. The van der Waals surface area contributed by atoms with Gasteiger partial charge in [-0.25, -0.2) is 9.18 Å². The van der Waals surface area contributed by atoms with Crippen molar-refractivity contribution in [1.29, 1.82) is 0 Å². The van der Waals surface area contributed by atoms with Crippen LogP contribution in [-0.2, 0) is 16.0 Å². The summed E-state index contributed by atoms with van der Waals surface area (Å²) in [6.45, 7) is 0. The highest BCUT2D eigenvalue weighted by atomic mass is 19.1. The Morgan fingerprint density at radius 3 is 2.32 bits per heavy atom. The third kappa shape index (κ3) is 5.95. The largest absolute Gasteiger partial charge is 0.493 e. The summed E-state index contributed by atoms with van der Waals surface area (Å²) in [6.07, 6.45) is 1.81. The van der Waals surface area contributed by atoms with E-state index in [0.29, 0.717) is 28.5 Å². The molecule has 0 radical (unpaired) electrons. The number of carbonyl (C=O) groups is 2. The van der Waals surface area contributed by atoms with Crippen molar-refractivity contribution in [3.8, 4) is 23.0 Å². The zero-order chi connectivity index (χ0) is 26.4. The van der Waals surface area contributed by atoms with Crippen LogP contribution >= 0.6 is 0 Å². The van der Waals surface area contributed by atoms with Crippen LogP contribution in [-0.4, -0.2) is 44.2 Å². The van der Waals surface area contributed by atoms with E-state index in [4.69, 9.17) is 18.9 Å². The molecular weight excluding hydrogens is 479 g/mol. The summed E-state index contributed by atoms with van der Waals surface area (Å²) in [5.74, 6) is 0.519. The second kappa shape index (κ2) is 11.4. The lowest BCUT2D eigenvalue weighted by atomic mass is 10.0. The number of hydrogen-bond donors (Lipinski definition) is 1. The van der Waals surface area contributed by atoms with Gasteiger partial charge in [0.2, 0.25) is 0 Å². The Labute approximate surface area is 212 Å². The molecule has 1 atom stereocenters. The Hall–Kier alpha value is -4.66. The molecule has 4 aromatic rings. The molecular formula is C28H25FN2O6. The molecule has 1 aromatic heterocycles. The van der Waals surface area contributed by atoms with Crippen LogP contribution in [0.15, 0.2) is 72.9 Å². The topological polar surface area (TPSA) is 96.0 Å². The lowest BCUT2D eigenvalue weighted by Gasteiger charge is -2.17. The highest BCUT2D eigenvalue weighted by Crippen LogP contribution is 2.36. The molecule has 0 aliphatic heterocycles. The van der Waals surface area contributed by atoms with E-state index in [2.05, 4.69) is 10.3 Å². The fraction of sp³-hybridized carbons (Fsp3) is 0.179. The quantitative estimate of drug-likeness (QED) is 0.330. The first-order valence-electron chi connectivity index (χ1n) is 11.3. The van der Waals surface area contributed by atoms with Crippen LogP contribution in [0.25, 0.3) is 10.9 Å². The number of aromatic nitrogens is 1. The van der Waals surface area contributed by atoms with Gasteiger partial charge in [0.25, 0.3) is 5.91 Å². The Morgan fingerprint density at radius 2 is 1.65 bits per heavy atom. The third-order valence-electron chi connectivity index (χ3n) is 5.68. The molecule has 0 aliphatic carbocycles. The summed E-state index contributed by atoms with van der Waals surface area (Å²) < 4.78 is 35.2. The standard InChI is InChI=1S/C28H25FN2O6/c1-34-25-15-21-22(16-26(25)35-2)30-12-11-24(21)37-20-9-7-17(8-10-20)13-23(28(33)36-3)31-27(32)18-5-4-6-19(29)14-18/h4-12,14-16,23H,13H2,1-3H3,(H,31,32). The van der Waals surface area contributed by atoms with E-state index >= 15 is 0 Å². The second-order valence-corrected chi connectivity index (χ2v) is 8.04. The number of hydrogen-bond acceptors (Lipinski definition) is 7. The normalized spacial score (nSPS) is 11.5. The fourth-order valence-electron chi connectivity index (χ4n) is 3.80. The van der Waals surface area contributed by atoms with Crippen molar-refractivity contribution in [1.82, 2.24) is 10.3 Å². The number of halogens is 1. The van der Waals surface area contributed by atoms with Gasteiger partial charge in [-0.2, -0.15) is 0 Å². The molecule has 0 fully saturated rings. The molecule has 37 heavy (non-hydrogen) atoms. The molecule has 1 amide bonds. The first-order chi connectivity index (χ1) is 17.9.